The first-order valence-electron chi connectivity index (χ1n) is 7.47. The van der Waals surface area contributed by atoms with E-state index in [9.17, 15) is 4.79 Å². The standard InChI is InChI=1S/C16H19N5O/c22-16(19-13-5-8-18-9-6-13)14-3-1-4-15(20-14)21-11-2-7-17-10-12-21/h1,3-6,8-9,17H,2,7,10-12H2,(H,18,19,22). The van der Waals surface area contributed by atoms with Crippen LogP contribution in [0.15, 0.2) is 42.7 Å². The summed E-state index contributed by atoms with van der Waals surface area (Å²) in [5.41, 5.74) is 1.14. The SMILES string of the molecule is O=C(Nc1ccncc1)c1cccc(N2CCCNCC2)n1. The molecular formula is C16H19N5O. The van der Waals surface area contributed by atoms with Gasteiger partial charge in [-0.2, -0.15) is 0 Å². The van der Waals surface area contributed by atoms with Gasteiger partial charge in [0.15, 0.2) is 0 Å². The van der Waals surface area contributed by atoms with Gasteiger partial charge in [0.2, 0.25) is 0 Å². The van der Waals surface area contributed by atoms with Crippen LogP contribution in [0, 0.1) is 0 Å². The maximum atomic E-state index is 12.3. The Morgan fingerprint density at radius 2 is 2.00 bits per heavy atom. The predicted octanol–water partition coefficient (Wildman–Crippen LogP) is 1.53. The van der Waals surface area contributed by atoms with Crippen molar-refractivity contribution >= 4 is 17.4 Å². The number of carbonyl (C=O) groups is 1. The van der Waals surface area contributed by atoms with E-state index in [0.29, 0.717) is 11.4 Å². The molecule has 0 aromatic carbocycles. The topological polar surface area (TPSA) is 70.2 Å². The molecule has 1 aliphatic rings. The Bertz CT molecular complexity index is 623. The minimum atomic E-state index is -0.207. The molecule has 22 heavy (non-hydrogen) atoms. The number of carbonyl (C=O) groups excluding carboxylic acids is 1. The second kappa shape index (κ2) is 7.00. The van der Waals surface area contributed by atoms with Crippen LogP contribution in [0.1, 0.15) is 16.9 Å². The molecule has 6 nitrogen and oxygen atoms in total. The molecule has 3 rings (SSSR count). The van der Waals surface area contributed by atoms with Crippen LogP contribution in [0.25, 0.3) is 0 Å². The van der Waals surface area contributed by atoms with Crippen molar-refractivity contribution in [1.82, 2.24) is 15.3 Å². The first-order chi connectivity index (χ1) is 10.8. The number of aromatic nitrogens is 2. The van der Waals surface area contributed by atoms with E-state index in [1.165, 1.54) is 0 Å². The number of nitrogens with one attached hydrogen (secondary N) is 2. The van der Waals surface area contributed by atoms with Crippen LogP contribution in [0.3, 0.4) is 0 Å². The number of anilines is 2. The second-order valence-electron chi connectivity index (χ2n) is 5.16. The third-order valence-corrected chi connectivity index (χ3v) is 3.57. The van der Waals surface area contributed by atoms with Gasteiger partial charge in [-0.05, 0) is 37.2 Å². The molecule has 3 heterocycles. The van der Waals surface area contributed by atoms with Crippen molar-refractivity contribution in [3.05, 3.63) is 48.4 Å². The van der Waals surface area contributed by atoms with Crippen molar-refractivity contribution in [3.8, 4) is 0 Å². The van der Waals surface area contributed by atoms with Crippen molar-refractivity contribution in [2.75, 3.05) is 36.4 Å². The zero-order valence-electron chi connectivity index (χ0n) is 12.3. The summed E-state index contributed by atoms with van der Waals surface area (Å²) < 4.78 is 0. The molecular weight excluding hydrogens is 278 g/mol. The number of hydrogen-bond donors (Lipinski definition) is 2. The van der Waals surface area contributed by atoms with Crippen molar-refractivity contribution in [1.29, 1.82) is 0 Å². The maximum Gasteiger partial charge on any atom is 0.274 e. The average molecular weight is 297 g/mol. The van der Waals surface area contributed by atoms with Crippen LogP contribution in [-0.4, -0.2) is 42.1 Å². The van der Waals surface area contributed by atoms with Gasteiger partial charge in [-0.3, -0.25) is 9.78 Å². The molecule has 1 aliphatic heterocycles. The summed E-state index contributed by atoms with van der Waals surface area (Å²) in [6.45, 7) is 3.83. The fourth-order valence-corrected chi connectivity index (χ4v) is 2.43. The summed E-state index contributed by atoms with van der Waals surface area (Å²) in [7, 11) is 0. The van der Waals surface area contributed by atoms with E-state index in [1.807, 2.05) is 12.1 Å². The minimum absolute atomic E-state index is 0.207. The lowest BCUT2D eigenvalue weighted by molar-refractivity contribution is 0.102. The van der Waals surface area contributed by atoms with Gasteiger partial charge in [0.05, 0.1) is 0 Å². The van der Waals surface area contributed by atoms with Crippen LogP contribution in [0.2, 0.25) is 0 Å². The smallest absolute Gasteiger partial charge is 0.274 e. The summed E-state index contributed by atoms with van der Waals surface area (Å²) in [4.78, 5) is 22.9. The van der Waals surface area contributed by atoms with E-state index in [4.69, 9.17) is 0 Å². The van der Waals surface area contributed by atoms with Crippen LogP contribution >= 0.6 is 0 Å². The van der Waals surface area contributed by atoms with Crippen molar-refractivity contribution in [2.24, 2.45) is 0 Å². The second-order valence-corrected chi connectivity index (χ2v) is 5.16. The van der Waals surface area contributed by atoms with Crippen molar-refractivity contribution in [3.63, 3.8) is 0 Å². The first kappa shape index (κ1) is 14.5. The number of rotatable bonds is 3. The third-order valence-electron chi connectivity index (χ3n) is 3.57. The Balaban J connectivity index is 1.74. The van der Waals surface area contributed by atoms with Gasteiger partial charge in [-0.1, -0.05) is 6.07 Å². The summed E-state index contributed by atoms with van der Waals surface area (Å²) in [6, 6.07) is 9.07. The molecule has 0 aliphatic carbocycles. The van der Waals surface area contributed by atoms with Gasteiger partial charge in [0.1, 0.15) is 11.5 Å². The third kappa shape index (κ3) is 3.59. The van der Waals surface area contributed by atoms with E-state index in [1.54, 1.807) is 30.6 Å². The van der Waals surface area contributed by atoms with E-state index in [-0.39, 0.29) is 5.91 Å². The molecule has 6 heteroatoms. The summed E-state index contributed by atoms with van der Waals surface area (Å²) in [5.74, 6) is 0.645. The van der Waals surface area contributed by atoms with E-state index < -0.39 is 0 Å². The number of pyridine rings is 2. The molecule has 0 bridgehead atoms. The number of amides is 1. The zero-order valence-corrected chi connectivity index (χ0v) is 12.3. The predicted molar refractivity (Wildman–Crippen MR) is 86.1 cm³/mol. The number of hydrogen-bond acceptors (Lipinski definition) is 5. The average Bonchev–Trinajstić information content (AvgIpc) is 2.85. The van der Waals surface area contributed by atoms with Crippen LogP contribution in [0.5, 0.6) is 0 Å². The highest BCUT2D eigenvalue weighted by molar-refractivity contribution is 6.03. The van der Waals surface area contributed by atoms with Crippen LogP contribution < -0.4 is 15.5 Å². The Hall–Kier alpha value is -2.47. The summed E-state index contributed by atoms with van der Waals surface area (Å²) >= 11 is 0. The molecule has 1 amide bonds. The molecule has 1 fully saturated rings. The Morgan fingerprint density at radius 3 is 2.86 bits per heavy atom. The van der Waals surface area contributed by atoms with Crippen LogP contribution in [-0.2, 0) is 0 Å². The Kier molecular flexibility index (Phi) is 4.60. The minimum Gasteiger partial charge on any atom is -0.355 e. The Morgan fingerprint density at radius 1 is 1.14 bits per heavy atom. The van der Waals surface area contributed by atoms with Gasteiger partial charge >= 0.3 is 0 Å². The van der Waals surface area contributed by atoms with E-state index >= 15 is 0 Å². The highest BCUT2D eigenvalue weighted by atomic mass is 16.1. The van der Waals surface area contributed by atoms with Gasteiger partial charge in [-0.25, -0.2) is 4.98 Å². The van der Waals surface area contributed by atoms with Gasteiger partial charge in [-0.15, -0.1) is 0 Å². The van der Waals surface area contributed by atoms with E-state index in [2.05, 4.69) is 25.5 Å². The molecule has 2 aromatic heterocycles. The van der Waals surface area contributed by atoms with Gasteiger partial charge in [0, 0.05) is 37.7 Å². The molecule has 1 saturated heterocycles. The molecule has 0 unspecified atom stereocenters. The molecule has 0 atom stereocenters. The maximum absolute atomic E-state index is 12.3. The fraction of sp³-hybridized carbons (Fsp3) is 0.312. The monoisotopic (exact) mass is 297 g/mol. The fourth-order valence-electron chi connectivity index (χ4n) is 2.43. The number of nitrogens with zero attached hydrogens (tertiary/aromatic N) is 3. The summed E-state index contributed by atoms with van der Waals surface area (Å²) in [6.07, 6.45) is 4.36. The van der Waals surface area contributed by atoms with Crippen molar-refractivity contribution < 1.29 is 4.79 Å². The first-order valence-corrected chi connectivity index (χ1v) is 7.47. The molecule has 2 N–H and O–H groups in total. The molecule has 114 valence electrons. The molecule has 2 aromatic rings. The molecule has 0 spiro atoms. The zero-order chi connectivity index (χ0) is 15.2. The van der Waals surface area contributed by atoms with Crippen LogP contribution in [0.4, 0.5) is 11.5 Å². The quantitative estimate of drug-likeness (QED) is 0.899. The largest absolute Gasteiger partial charge is 0.355 e. The van der Waals surface area contributed by atoms with Gasteiger partial charge in [0.25, 0.3) is 5.91 Å². The Labute approximate surface area is 129 Å². The lowest BCUT2D eigenvalue weighted by Gasteiger charge is -2.21. The highest BCUT2D eigenvalue weighted by Crippen LogP contribution is 2.14. The van der Waals surface area contributed by atoms with Gasteiger partial charge < -0.3 is 15.5 Å². The lowest BCUT2D eigenvalue weighted by Crippen LogP contribution is -2.29. The molecule has 0 saturated carbocycles. The van der Waals surface area contributed by atoms with Crippen molar-refractivity contribution in [2.45, 2.75) is 6.42 Å². The highest BCUT2D eigenvalue weighted by Gasteiger charge is 2.13. The normalized spacial score (nSPS) is 15.2. The summed E-state index contributed by atoms with van der Waals surface area (Å²) in [5, 5.41) is 6.19. The van der Waals surface area contributed by atoms with E-state index in [0.717, 1.165) is 38.4 Å². The molecule has 0 radical (unpaired) electrons. The lowest BCUT2D eigenvalue weighted by atomic mass is 10.3.